The van der Waals surface area contributed by atoms with Crippen molar-refractivity contribution in [2.24, 2.45) is 11.0 Å². The van der Waals surface area contributed by atoms with Gasteiger partial charge < -0.3 is 10.2 Å². The van der Waals surface area contributed by atoms with Crippen LogP contribution in [-0.2, 0) is 4.79 Å². The second-order valence-corrected chi connectivity index (χ2v) is 8.61. The molecule has 0 radical (unpaired) electrons. The van der Waals surface area contributed by atoms with Crippen molar-refractivity contribution in [2.75, 3.05) is 18.0 Å². The summed E-state index contributed by atoms with van der Waals surface area (Å²) in [5.41, 5.74) is 6.26. The van der Waals surface area contributed by atoms with Crippen LogP contribution in [0.1, 0.15) is 48.2 Å². The minimum Gasteiger partial charge on any atom is -0.372 e. The highest BCUT2D eigenvalue weighted by molar-refractivity contribution is 6.30. The van der Waals surface area contributed by atoms with E-state index in [-0.39, 0.29) is 17.7 Å². The van der Waals surface area contributed by atoms with Gasteiger partial charge in [0.25, 0.3) is 11.8 Å². The molecule has 1 unspecified atom stereocenters. The van der Waals surface area contributed by atoms with E-state index >= 15 is 0 Å². The summed E-state index contributed by atoms with van der Waals surface area (Å²) in [6, 6.07) is 12.1. The molecular formula is C24H29ClN4O2. The molecule has 0 aliphatic carbocycles. The Labute approximate surface area is 188 Å². The number of hydrazone groups is 1. The van der Waals surface area contributed by atoms with Crippen LogP contribution in [0, 0.1) is 12.8 Å². The van der Waals surface area contributed by atoms with E-state index in [1.54, 1.807) is 30.5 Å². The van der Waals surface area contributed by atoms with Crippen molar-refractivity contribution in [3.05, 3.63) is 64.2 Å². The third-order valence-corrected chi connectivity index (χ3v) is 5.70. The maximum Gasteiger partial charge on any atom is 0.262 e. The number of hydrogen-bond acceptors (Lipinski definition) is 4. The largest absolute Gasteiger partial charge is 0.372 e. The normalized spacial score (nSPS) is 14.8. The van der Waals surface area contributed by atoms with Gasteiger partial charge in [-0.15, -0.1) is 0 Å². The maximum atomic E-state index is 12.6. The van der Waals surface area contributed by atoms with Crippen molar-refractivity contribution in [1.82, 2.24) is 10.7 Å². The number of hydrogen-bond donors (Lipinski definition) is 2. The van der Waals surface area contributed by atoms with E-state index in [1.165, 1.54) is 18.5 Å². The maximum absolute atomic E-state index is 12.6. The van der Waals surface area contributed by atoms with Gasteiger partial charge in [0, 0.05) is 29.4 Å². The van der Waals surface area contributed by atoms with E-state index in [0.29, 0.717) is 10.6 Å². The number of anilines is 1. The number of benzene rings is 2. The highest BCUT2D eigenvalue weighted by Gasteiger charge is 2.24. The predicted octanol–water partition coefficient (Wildman–Crippen LogP) is 4.15. The van der Waals surface area contributed by atoms with Gasteiger partial charge in [0.05, 0.1) is 6.21 Å². The van der Waals surface area contributed by atoms with Crippen molar-refractivity contribution in [3.63, 3.8) is 0 Å². The van der Waals surface area contributed by atoms with Gasteiger partial charge >= 0.3 is 0 Å². The molecule has 164 valence electrons. The van der Waals surface area contributed by atoms with Gasteiger partial charge in [0.15, 0.2) is 0 Å². The number of halogens is 1. The fourth-order valence-electron chi connectivity index (χ4n) is 3.57. The average Bonchev–Trinajstić information content (AvgIpc) is 3.28. The summed E-state index contributed by atoms with van der Waals surface area (Å²) in [4.78, 5) is 27.5. The van der Waals surface area contributed by atoms with Crippen LogP contribution in [0.5, 0.6) is 0 Å². The Bertz CT molecular complexity index is 951. The SMILES string of the molecule is Cc1cc(N2CCCC2)ccc1/C=N\NC(=O)C(NC(=O)c1ccc(Cl)cc1)C(C)C. The fourth-order valence-corrected chi connectivity index (χ4v) is 3.70. The van der Waals surface area contributed by atoms with Crippen LogP contribution in [0.2, 0.25) is 5.02 Å². The number of rotatable bonds is 7. The highest BCUT2D eigenvalue weighted by atomic mass is 35.5. The molecule has 31 heavy (non-hydrogen) atoms. The van der Waals surface area contributed by atoms with Gasteiger partial charge in [-0.05, 0) is 73.2 Å². The summed E-state index contributed by atoms with van der Waals surface area (Å²) in [6.45, 7) is 7.98. The van der Waals surface area contributed by atoms with E-state index in [9.17, 15) is 9.59 Å². The number of nitrogens with one attached hydrogen (secondary N) is 2. The lowest BCUT2D eigenvalue weighted by Gasteiger charge is -2.20. The highest BCUT2D eigenvalue weighted by Crippen LogP contribution is 2.22. The van der Waals surface area contributed by atoms with Crippen molar-refractivity contribution < 1.29 is 9.59 Å². The molecule has 0 bridgehead atoms. The second-order valence-electron chi connectivity index (χ2n) is 8.17. The van der Waals surface area contributed by atoms with E-state index in [0.717, 1.165) is 24.2 Å². The van der Waals surface area contributed by atoms with E-state index in [4.69, 9.17) is 11.6 Å². The zero-order valence-electron chi connectivity index (χ0n) is 18.2. The van der Waals surface area contributed by atoms with Crippen LogP contribution in [0.15, 0.2) is 47.6 Å². The molecule has 2 aromatic rings. The third kappa shape index (κ3) is 6.07. The molecule has 7 heteroatoms. The monoisotopic (exact) mass is 440 g/mol. The van der Waals surface area contributed by atoms with Gasteiger partial charge in [0.1, 0.15) is 6.04 Å². The van der Waals surface area contributed by atoms with Crippen molar-refractivity contribution in [3.8, 4) is 0 Å². The first kappa shape index (κ1) is 22.8. The molecule has 0 spiro atoms. The summed E-state index contributed by atoms with van der Waals surface area (Å²) in [5, 5.41) is 7.44. The van der Waals surface area contributed by atoms with Crippen molar-refractivity contribution in [2.45, 2.75) is 39.7 Å². The van der Waals surface area contributed by atoms with E-state index in [1.807, 2.05) is 26.8 Å². The summed E-state index contributed by atoms with van der Waals surface area (Å²) in [5.74, 6) is -0.796. The molecule has 2 amide bonds. The van der Waals surface area contributed by atoms with E-state index < -0.39 is 6.04 Å². The molecule has 1 heterocycles. The molecule has 1 aliphatic rings. The van der Waals surface area contributed by atoms with Gasteiger partial charge in [-0.2, -0.15) is 5.10 Å². The number of aryl methyl sites for hydroxylation is 1. The molecule has 1 atom stereocenters. The Morgan fingerprint density at radius 3 is 2.39 bits per heavy atom. The first-order valence-corrected chi connectivity index (χ1v) is 11.0. The molecule has 0 aromatic heterocycles. The first-order chi connectivity index (χ1) is 14.8. The third-order valence-electron chi connectivity index (χ3n) is 5.45. The Balaban J connectivity index is 1.61. The summed E-state index contributed by atoms with van der Waals surface area (Å²) in [6.07, 6.45) is 4.11. The molecular weight excluding hydrogens is 412 g/mol. The molecule has 1 aliphatic heterocycles. The summed E-state index contributed by atoms with van der Waals surface area (Å²) < 4.78 is 0. The second kappa shape index (κ2) is 10.4. The van der Waals surface area contributed by atoms with Crippen LogP contribution in [0.3, 0.4) is 0 Å². The molecule has 1 fully saturated rings. The van der Waals surface area contributed by atoms with E-state index in [2.05, 4.69) is 32.9 Å². The number of amides is 2. The fraction of sp³-hybridized carbons (Fsp3) is 0.375. The summed E-state index contributed by atoms with van der Waals surface area (Å²) in [7, 11) is 0. The zero-order chi connectivity index (χ0) is 22.4. The van der Waals surface area contributed by atoms with Gasteiger partial charge in [0.2, 0.25) is 0 Å². The first-order valence-electron chi connectivity index (χ1n) is 10.6. The number of carbonyl (C=O) groups excluding carboxylic acids is 2. The molecule has 0 saturated carbocycles. The molecule has 6 nitrogen and oxygen atoms in total. The number of nitrogens with zero attached hydrogens (tertiary/aromatic N) is 2. The van der Waals surface area contributed by atoms with Gasteiger partial charge in [-0.25, -0.2) is 5.43 Å². The lowest BCUT2D eigenvalue weighted by molar-refractivity contribution is -0.123. The Hall–Kier alpha value is -2.86. The van der Waals surface area contributed by atoms with Gasteiger partial charge in [-0.3, -0.25) is 9.59 Å². The van der Waals surface area contributed by atoms with Gasteiger partial charge in [-0.1, -0.05) is 31.5 Å². The minimum atomic E-state index is -0.709. The Morgan fingerprint density at radius 1 is 1.10 bits per heavy atom. The van der Waals surface area contributed by atoms with Crippen LogP contribution >= 0.6 is 11.6 Å². The quantitative estimate of drug-likeness (QED) is 0.501. The molecule has 3 rings (SSSR count). The predicted molar refractivity (Wildman–Crippen MR) is 126 cm³/mol. The minimum absolute atomic E-state index is 0.104. The smallest absolute Gasteiger partial charge is 0.262 e. The Morgan fingerprint density at radius 2 is 1.77 bits per heavy atom. The number of carbonyl (C=O) groups is 2. The lowest BCUT2D eigenvalue weighted by Crippen LogP contribution is -2.48. The topological polar surface area (TPSA) is 73.8 Å². The molecule has 2 aromatic carbocycles. The van der Waals surface area contributed by atoms with Crippen LogP contribution < -0.4 is 15.6 Å². The van der Waals surface area contributed by atoms with Crippen LogP contribution in [0.4, 0.5) is 5.69 Å². The van der Waals surface area contributed by atoms with Crippen LogP contribution in [0.25, 0.3) is 0 Å². The van der Waals surface area contributed by atoms with Crippen LogP contribution in [-0.4, -0.2) is 37.2 Å². The van der Waals surface area contributed by atoms with Crippen molar-refractivity contribution >= 4 is 35.3 Å². The standard InChI is InChI=1S/C24H29ClN4O2/c1-16(2)22(27-23(30)18-6-9-20(25)10-7-18)24(31)28-26-15-19-8-11-21(14-17(19)3)29-12-4-5-13-29/h6-11,14-16,22H,4-5,12-13H2,1-3H3,(H,27,30)(H,28,31)/b26-15-. The zero-order valence-corrected chi connectivity index (χ0v) is 18.9. The average molecular weight is 441 g/mol. The summed E-state index contributed by atoms with van der Waals surface area (Å²) >= 11 is 5.87. The molecule has 1 saturated heterocycles. The van der Waals surface area contributed by atoms with Crippen molar-refractivity contribution in [1.29, 1.82) is 0 Å². The lowest BCUT2D eigenvalue weighted by atomic mass is 10.0. The Kier molecular flexibility index (Phi) is 7.69. The molecule has 2 N–H and O–H groups in total.